The number of carboxylic acids is 1. The summed E-state index contributed by atoms with van der Waals surface area (Å²) in [5, 5.41) is 11.7. The van der Waals surface area contributed by atoms with Crippen LogP contribution in [0.4, 0.5) is 13.2 Å². The topological polar surface area (TPSA) is 72.6 Å². The van der Waals surface area contributed by atoms with Crippen LogP contribution < -0.4 is 4.74 Å². The lowest BCUT2D eigenvalue weighted by Crippen LogP contribution is -2.06. The Kier molecular flexibility index (Phi) is 5.69. The Morgan fingerprint density at radius 1 is 1.33 bits per heavy atom. The third kappa shape index (κ3) is 4.18. The largest absolute Gasteiger partial charge is 0.493 e. The fraction of sp³-hybridized carbons (Fsp3) is 0.500. The molecule has 8 heteroatoms. The summed E-state index contributed by atoms with van der Waals surface area (Å²) in [5.74, 6) is -0.422. The molecular formula is C16H18F3NO4. The van der Waals surface area contributed by atoms with Crippen LogP contribution in [0.2, 0.25) is 0 Å². The van der Waals surface area contributed by atoms with Gasteiger partial charge in [0.15, 0.2) is 11.3 Å². The highest BCUT2D eigenvalue weighted by atomic mass is 19.4. The Hall–Kier alpha value is -2.25. The van der Waals surface area contributed by atoms with E-state index in [0.29, 0.717) is 37.0 Å². The van der Waals surface area contributed by atoms with Gasteiger partial charge in [0, 0.05) is 12.0 Å². The van der Waals surface area contributed by atoms with Crippen molar-refractivity contribution in [3.63, 3.8) is 0 Å². The molecule has 0 spiro atoms. The molecule has 1 N–H and O–H groups in total. The summed E-state index contributed by atoms with van der Waals surface area (Å²) in [6, 6.07) is 2.78. The highest BCUT2D eigenvalue weighted by Gasteiger charge is 2.37. The van der Waals surface area contributed by atoms with E-state index in [0.717, 1.165) is 0 Å². The van der Waals surface area contributed by atoms with Gasteiger partial charge in [-0.15, -0.1) is 0 Å². The fourth-order valence-corrected chi connectivity index (χ4v) is 2.43. The van der Waals surface area contributed by atoms with Crippen LogP contribution in [0.5, 0.6) is 5.75 Å². The number of aromatic nitrogens is 1. The van der Waals surface area contributed by atoms with E-state index in [9.17, 15) is 18.0 Å². The van der Waals surface area contributed by atoms with Gasteiger partial charge in [0.1, 0.15) is 5.75 Å². The van der Waals surface area contributed by atoms with Crippen molar-refractivity contribution in [1.29, 1.82) is 0 Å². The first-order valence-corrected chi connectivity index (χ1v) is 7.67. The lowest BCUT2D eigenvalue weighted by Gasteiger charge is -2.11. The van der Waals surface area contributed by atoms with Crippen LogP contribution in [0.15, 0.2) is 16.7 Å². The molecule has 0 saturated heterocycles. The molecule has 1 aromatic heterocycles. The van der Waals surface area contributed by atoms with Crippen LogP contribution in [0.25, 0.3) is 11.0 Å². The summed E-state index contributed by atoms with van der Waals surface area (Å²) in [6.45, 7) is 2.19. The molecule has 2 rings (SSSR count). The molecule has 0 amide bonds. The van der Waals surface area contributed by atoms with Gasteiger partial charge in [-0.1, -0.05) is 18.5 Å². The number of hydrogen-bond donors (Lipinski definition) is 1. The first-order chi connectivity index (χ1) is 11.3. The Morgan fingerprint density at radius 3 is 2.71 bits per heavy atom. The van der Waals surface area contributed by atoms with Crippen molar-refractivity contribution in [3.8, 4) is 5.75 Å². The molecule has 0 radical (unpaired) electrons. The van der Waals surface area contributed by atoms with Gasteiger partial charge < -0.3 is 14.4 Å². The van der Waals surface area contributed by atoms with E-state index in [4.69, 9.17) is 14.4 Å². The zero-order valence-electron chi connectivity index (χ0n) is 13.2. The zero-order chi connectivity index (χ0) is 17.7. The van der Waals surface area contributed by atoms with Gasteiger partial charge in [0.2, 0.25) is 0 Å². The summed E-state index contributed by atoms with van der Waals surface area (Å²) in [4.78, 5) is 10.4. The Labute approximate surface area is 136 Å². The second-order valence-corrected chi connectivity index (χ2v) is 5.40. The average molecular weight is 345 g/mol. The number of unbranched alkanes of at least 4 members (excludes halogenated alkanes) is 1. The number of ether oxygens (including phenoxy) is 1. The van der Waals surface area contributed by atoms with E-state index in [2.05, 4.69) is 5.16 Å². The standard InChI is InChI=1S/C16H18F3NO4/c1-2-5-10-12(23-9-4-3-6-13(21)22)8-7-11-14(10)24-20-15(11)16(17,18)19/h7-8H,2-6,9H2,1H3,(H,21,22). The van der Waals surface area contributed by atoms with E-state index < -0.39 is 17.8 Å². The summed E-state index contributed by atoms with van der Waals surface area (Å²) in [5.41, 5.74) is -0.397. The number of alkyl halides is 3. The molecule has 0 fully saturated rings. The summed E-state index contributed by atoms with van der Waals surface area (Å²) in [7, 11) is 0. The van der Waals surface area contributed by atoms with Crippen molar-refractivity contribution in [3.05, 3.63) is 23.4 Å². The Bertz CT molecular complexity index is 709. The lowest BCUT2D eigenvalue weighted by molar-refractivity contribution is -0.141. The number of aryl methyl sites for hydroxylation is 1. The molecule has 5 nitrogen and oxygen atoms in total. The predicted molar refractivity (Wildman–Crippen MR) is 80.0 cm³/mol. The molecule has 0 aliphatic rings. The number of fused-ring (bicyclic) bond motifs is 1. The third-order valence-electron chi connectivity index (χ3n) is 3.51. The van der Waals surface area contributed by atoms with Crippen LogP contribution in [0.1, 0.15) is 43.9 Å². The maximum absolute atomic E-state index is 12.9. The number of carbonyl (C=O) groups is 1. The quantitative estimate of drug-likeness (QED) is 0.717. The second kappa shape index (κ2) is 7.55. The molecule has 0 bridgehead atoms. The van der Waals surface area contributed by atoms with E-state index in [1.807, 2.05) is 6.92 Å². The van der Waals surface area contributed by atoms with Crippen molar-refractivity contribution < 1.29 is 32.3 Å². The molecule has 0 aliphatic heterocycles. The van der Waals surface area contributed by atoms with Gasteiger partial charge in [-0.3, -0.25) is 4.79 Å². The van der Waals surface area contributed by atoms with Crippen LogP contribution in [-0.2, 0) is 17.4 Å². The minimum Gasteiger partial charge on any atom is -0.493 e. The van der Waals surface area contributed by atoms with E-state index >= 15 is 0 Å². The molecule has 1 aromatic carbocycles. The highest BCUT2D eigenvalue weighted by Crippen LogP contribution is 2.38. The summed E-state index contributed by atoms with van der Waals surface area (Å²) >= 11 is 0. The van der Waals surface area contributed by atoms with Crippen molar-refractivity contribution >= 4 is 16.9 Å². The first kappa shape index (κ1) is 18.1. The minimum atomic E-state index is -4.58. The third-order valence-corrected chi connectivity index (χ3v) is 3.51. The molecule has 1 heterocycles. The normalized spacial score (nSPS) is 11.8. The van der Waals surface area contributed by atoms with Gasteiger partial charge in [0.05, 0.1) is 12.0 Å². The van der Waals surface area contributed by atoms with Gasteiger partial charge >= 0.3 is 12.1 Å². The molecule has 0 atom stereocenters. The molecule has 0 saturated carbocycles. The number of aliphatic carboxylic acids is 1. The Morgan fingerprint density at radius 2 is 2.08 bits per heavy atom. The number of carboxylic acid groups (broad SMARTS) is 1. The van der Waals surface area contributed by atoms with Crippen molar-refractivity contribution in [1.82, 2.24) is 5.16 Å². The van der Waals surface area contributed by atoms with Crippen LogP contribution in [0, 0.1) is 0 Å². The first-order valence-electron chi connectivity index (χ1n) is 7.67. The zero-order valence-corrected chi connectivity index (χ0v) is 13.2. The van der Waals surface area contributed by atoms with Crippen molar-refractivity contribution in [2.75, 3.05) is 6.61 Å². The number of hydrogen-bond acceptors (Lipinski definition) is 4. The van der Waals surface area contributed by atoms with E-state index in [-0.39, 0.29) is 24.0 Å². The number of nitrogens with zero attached hydrogens (tertiary/aromatic N) is 1. The monoisotopic (exact) mass is 345 g/mol. The maximum atomic E-state index is 12.9. The fourth-order valence-electron chi connectivity index (χ4n) is 2.43. The van der Waals surface area contributed by atoms with Crippen molar-refractivity contribution in [2.45, 2.75) is 45.2 Å². The van der Waals surface area contributed by atoms with E-state index in [1.165, 1.54) is 12.1 Å². The molecule has 0 aliphatic carbocycles. The predicted octanol–water partition coefficient (Wildman–Crippen LogP) is 4.43. The van der Waals surface area contributed by atoms with E-state index in [1.54, 1.807) is 0 Å². The van der Waals surface area contributed by atoms with Crippen LogP contribution in [0.3, 0.4) is 0 Å². The maximum Gasteiger partial charge on any atom is 0.437 e. The SMILES string of the molecule is CCCc1c(OCCCCC(=O)O)ccc2c(C(F)(F)F)noc12. The molecule has 24 heavy (non-hydrogen) atoms. The summed E-state index contributed by atoms with van der Waals surface area (Å²) < 4.78 is 49.3. The lowest BCUT2D eigenvalue weighted by atomic mass is 10.0. The van der Waals surface area contributed by atoms with Gasteiger partial charge in [-0.05, 0) is 31.4 Å². The van der Waals surface area contributed by atoms with Crippen LogP contribution in [-0.4, -0.2) is 22.8 Å². The average Bonchev–Trinajstić information content (AvgIpc) is 2.92. The molecule has 2 aromatic rings. The smallest absolute Gasteiger partial charge is 0.437 e. The van der Waals surface area contributed by atoms with Gasteiger partial charge in [0.25, 0.3) is 0 Å². The number of halogens is 3. The van der Waals surface area contributed by atoms with Gasteiger partial charge in [-0.2, -0.15) is 13.2 Å². The van der Waals surface area contributed by atoms with Crippen molar-refractivity contribution in [2.24, 2.45) is 0 Å². The minimum absolute atomic E-state index is 0.0568. The number of benzene rings is 1. The number of rotatable bonds is 8. The van der Waals surface area contributed by atoms with Gasteiger partial charge in [-0.25, -0.2) is 0 Å². The second-order valence-electron chi connectivity index (χ2n) is 5.40. The summed E-state index contributed by atoms with van der Waals surface area (Å²) in [6.07, 6.45) is -2.30. The van der Waals surface area contributed by atoms with Crippen LogP contribution >= 0.6 is 0 Å². The molecule has 132 valence electrons. The molecular weight excluding hydrogens is 327 g/mol. The Balaban J connectivity index is 2.21. The highest BCUT2D eigenvalue weighted by molar-refractivity contribution is 5.85. The molecule has 0 unspecified atom stereocenters.